The molecule has 0 N–H and O–H groups in total. The zero-order valence-electron chi connectivity index (χ0n) is 19.3. The molecule has 1 fully saturated rings. The molecule has 3 aromatic rings. The number of ether oxygens (including phenoxy) is 2. The Balaban J connectivity index is 1.62. The number of hydrogen-bond acceptors (Lipinski definition) is 6. The summed E-state index contributed by atoms with van der Waals surface area (Å²) in [5.41, 5.74) is 2.81. The molecule has 1 aliphatic rings. The molecule has 7 heteroatoms. The average molecular weight is 454 g/mol. The van der Waals surface area contributed by atoms with Crippen LogP contribution in [0.15, 0.2) is 42.5 Å². The number of hydrogen-bond donors (Lipinski definition) is 0. The summed E-state index contributed by atoms with van der Waals surface area (Å²) in [4.78, 5) is 22.5. The number of fused-ring (bicyclic) bond motifs is 1. The summed E-state index contributed by atoms with van der Waals surface area (Å²) in [5, 5.41) is 0.714. The third-order valence-corrected chi connectivity index (χ3v) is 6.84. The predicted octanol–water partition coefficient (Wildman–Crippen LogP) is 4.58. The SMILES string of the molecule is COc1ccc2nc(N(CCN3CCOCC3)C(=O)c3ccc(C(C)(C)C)cc3)sc2c1. The average Bonchev–Trinajstić information content (AvgIpc) is 3.22. The van der Waals surface area contributed by atoms with Crippen LogP contribution in [0.1, 0.15) is 36.7 Å². The van der Waals surface area contributed by atoms with Crippen molar-refractivity contribution in [1.82, 2.24) is 9.88 Å². The van der Waals surface area contributed by atoms with Gasteiger partial charge in [-0.05, 0) is 41.3 Å². The summed E-state index contributed by atoms with van der Waals surface area (Å²) in [6.07, 6.45) is 0. The Hall–Kier alpha value is -2.48. The Morgan fingerprint density at radius 2 is 1.88 bits per heavy atom. The molecule has 2 aromatic carbocycles. The van der Waals surface area contributed by atoms with E-state index in [0.29, 0.717) is 17.2 Å². The molecule has 0 spiro atoms. The van der Waals surface area contributed by atoms with Gasteiger partial charge in [-0.2, -0.15) is 0 Å². The lowest BCUT2D eigenvalue weighted by Crippen LogP contribution is -2.43. The van der Waals surface area contributed by atoms with Crippen LogP contribution in [-0.4, -0.2) is 62.3 Å². The van der Waals surface area contributed by atoms with Crippen molar-refractivity contribution in [1.29, 1.82) is 0 Å². The third kappa shape index (κ3) is 5.11. The monoisotopic (exact) mass is 453 g/mol. The summed E-state index contributed by atoms with van der Waals surface area (Å²) in [5.74, 6) is 0.765. The van der Waals surface area contributed by atoms with Crippen LogP contribution in [0.4, 0.5) is 5.13 Å². The molecule has 0 radical (unpaired) electrons. The molecule has 1 amide bonds. The van der Waals surface area contributed by atoms with Gasteiger partial charge < -0.3 is 9.47 Å². The summed E-state index contributed by atoms with van der Waals surface area (Å²) < 4.78 is 11.8. The maximum absolute atomic E-state index is 13.6. The largest absolute Gasteiger partial charge is 0.497 e. The van der Waals surface area contributed by atoms with Gasteiger partial charge in [0.05, 0.1) is 30.5 Å². The minimum atomic E-state index is -0.0234. The minimum absolute atomic E-state index is 0.0234. The number of thiazole rings is 1. The number of anilines is 1. The van der Waals surface area contributed by atoms with Crippen molar-refractivity contribution >= 4 is 32.6 Å². The second-order valence-corrected chi connectivity index (χ2v) is 10.1. The summed E-state index contributed by atoms with van der Waals surface area (Å²) in [6.45, 7) is 11.1. The van der Waals surface area contributed by atoms with Crippen molar-refractivity contribution in [3.63, 3.8) is 0 Å². The second-order valence-electron chi connectivity index (χ2n) is 9.07. The molecule has 4 rings (SSSR count). The first-order valence-electron chi connectivity index (χ1n) is 11.0. The highest BCUT2D eigenvalue weighted by molar-refractivity contribution is 7.22. The number of amides is 1. The molecule has 1 aliphatic heterocycles. The topological polar surface area (TPSA) is 54.9 Å². The quantitative estimate of drug-likeness (QED) is 0.547. The molecule has 6 nitrogen and oxygen atoms in total. The van der Waals surface area contributed by atoms with Gasteiger partial charge in [0.15, 0.2) is 5.13 Å². The highest BCUT2D eigenvalue weighted by Gasteiger charge is 2.24. The fraction of sp³-hybridized carbons (Fsp3) is 0.440. The van der Waals surface area contributed by atoms with E-state index >= 15 is 0 Å². The van der Waals surface area contributed by atoms with Crippen LogP contribution in [0.2, 0.25) is 0 Å². The van der Waals surface area contributed by atoms with E-state index in [1.807, 2.05) is 35.2 Å². The van der Waals surface area contributed by atoms with Crippen molar-refractivity contribution in [3.05, 3.63) is 53.6 Å². The highest BCUT2D eigenvalue weighted by atomic mass is 32.1. The molecule has 1 saturated heterocycles. The highest BCUT2D eigenvalue weighted by Crippen LogP contribution is 2.32. The van der Waals surface area contributed by atoms with Gasteiger partial charge in [-0.25, -0.2) is 4.98 Å². The zero-order valence-corrected chi connectivity index (χ0v) is 20.1. The molecule has 0 aliphatic carbocycles. The lowest BCUT2D eigenvalue weighted by Gasteiger charge is -2.29. The normalized spacial score (nSPS) is 15.1. The standard InChI is InChI=1S/C25H31N3O3S/c1-25(2,3)19-7-5-18(6-8-19)23(29)28(12-11-27-13-15-31-16-14-27)24-26-21-10-9-20(30-4)17-22(21)32-24/h5-10,17H,11-16H2,1-4H3. The molecule has 0 unspecified atom stereocenters. The van der Waals surface area contributed by atoms with E-state index in [9.17, 15) is 4.79 Å². The number of nitrogens with zero attached hydrogens (tertiary/aromatic N) is 3. The van der Waals surface area contributed by atoms with Gasteiger partial charge in [0.1, 0.15) is 5.75 Å². The summed E-state index contributed by atoms with van der Waals surface area (Å²) in [7, 11) is 1.66. The Labute approximate surface area is 193 Å². The van der Waals surface area contributed by atoms with E-state index in [0.717, 1.165) is 48.8 Å². The molecular weight excluding hydrogens is 422 g/mol. The van der Waals surface area contributed by atoms with Crippen LogP contribution in [-0.2, 0) is 10.2 Å². The Morgan fingerprint density at radius 1 is 1.16 bits per heavy atom. The Kier molecular flexibility index (Phi) is 6.79. The summed E-state index contributed by atoms with van der Waals surface area (Å²) in [6, 6.07) is 13.8. The van der Waals surface area contributed by atoms with Gasteiger partial charge in [0.25, 0.3) is 5.91 Å². The van der Waals surface area contributed by atoms with Gasteiger partial charge in [-0.1, -0.05) is 44.2 Å². The Morgan fingerprint density at radius 3 is 2.53 bits per heavy atom. The van der Waals surface area contributed by atoms with Crippen molar-refractivity contribution in [2.24, 2.45) is 0 Å². The molecule has 0 saturated carbocycles. The number of methoxy groups -OCH3 is 1. The fourth-order valence-electron chi connectivity index (χ4n) is 3.75. The Bertz CT molecular complexity index is 1070. The van der Waals surface area contributed by atoms with E-state index in [4.69, 9.17) is 14.5 Å². The number of aromatic nitrogens is 1. The van der Waals surface area contributed by atoms with E-state index in [-0.39, 0.29) is 11.3 Å². The van der Waals surface area contributed by atoms with Crippen LogP contribution in [0.25, 0.3) is 10.2 Å². The second kappa shape index (κ2) is 9.57. The van der Waals surface area contributed by atoms with Gasteiger partial charge in [0.2, 0.25) is 0 Å². The van der Waals surface area contributed by atoms with Crippen molar-refractivity contribution < 1.29 is 14.3 Å². The first kappa shape index (κ1) is 22.7. The fourth-order valence-corrected chi connectivity index (χ4v) is 4.77. The van der Waals surface area contributed by atoms with Crippen LogP contribution in [0.3, 0.4) is 0 Å². The van der Waals surface area contributed by atoms with Crippen LogP contribution in [0.5, 0.6) is 5.75 Å². The van der Waals surface area contributed by atoms with Gasteiger partial charge in [-0.15, -0.1) is 0 Å². The molecule has 170 valence electrons. The van der Waals surface area contributed by atoms with E-state index in [2.05, 4.69) is 37.8 Å². The number of carbonyl (C=O) groups is 1. The molecule has 2 heterocycles. The maximum atomic E-state index is 13.6. The maximum Gasteiger partial charge on any atom is 0.260 e. The molecule has 32 heavy (non-hydrogen) atoms. The molecule has 0 bridgehead atoms. The molecular formula is C25H31N3O3S. The number of rotatable bonds is 6. The zero-order chi connectivity index (χ0) is 22.7. The number of morpholine rings is 1. The van der Waals surface area contributed by atoms with Crippen LogP contribution in [0, 0.1) is 0 Å². The minimum Gasteiger partial charge on any atom is -0.497 e. The van der Waals surface area contributed by atoms with Crippen molar-refractivity contribution in [2.75, 3.05) is 51.4 Å². The lowest BCUT2D eigenvalue weighted by atomic mass is 9.86. The smallest absolute Gasteiger partial charge is 0.260 e. The number of carbonyl (C=O) groups excluding carboxylic acids is 1. The molecule has 0 atom stereocenters. The van der Waals surface area contributed by atoms with Gasteiger partial charge >= 0.3 is 0 Å². The lowest BCUT2D eigenvalue weighted by molar-refractivity contribution is 0.0391. The van der Waals surface area contributed by atoms with E-state index in [1.165, 1.54) is 16.9 Å². The van der Waals surface area contributed by atoms with Crippen LogP contribution < -0.4 is 9.64 Å². The first-order chi connectivity index (χ1) is 15.3. The van der Waals surface area contributed by atoms with Crippen LogP contribution >= 0.6 is 11.3 Å². The molecule has 1 aromatic heterocycles. The third-order valence-electron chi connectivity index (χ3n) is 5.80. The van der Waals surface area contributed by atoms with Crippen molar-refractivity contribution in [2.45, 2.75) is 26.2 Å². The summed E-state index contributed by atoms with van der Waals surface area (Å²) >= 11 is 1.52. The van der Waals surface area contributed by atoms with Crippen molar-refractivity contribution in [3.8, 4) is 5.75 Å². The van der Waals surface area contributed by atoms with Gasteiger partial charge in [0, 0.05) is 31.7 Å². The van der Waals surface area contributed by atoms with E-state index in [1.54, 1.807) is 7.11 Å². The first-order valence-corrected chi connectivity index (χ1v) is 11.8. The predicted molar refractivity (Wildman–Crippen MR) is 130 cm³/mol. The van der Waals surface area contributed by atoms with E-state index < -0.39 is 0 Å². The number of benzene rings is 2. The van der Waals surface area contributed by atoms with Gasteiger partial charge in [-0.3, -0.25) is 14.6 Å².